The minimum atomic E-state index is -0.708. The maximum absolute atomic E-state index is 11.5. The molecular weight excluding hydrogens is 312 g/mol. The van der Waals surface area contributed by atoms with Crippen molar-refractivity contribution < 1.29 is 29.6 Å². The predicted molar refractivity (Wildman–Crippen MR) is 87.1 cm³/mol. The molecule has 6 heteroatoms. The Labute approximate surface area is 140 Å². The second-order valence-corrected chi connectivity index (χ2v) is 4.63. The first-order valence-electron chi connectivity index (χ1n) is 7.44. The van der Waals surface area contributed by atoms with E-state index < -0.39 is 11.9 Å². The Hall–Kier alpha value is -2.70. The summed E-state index contributed by atoms with van der Waals surface area (Å²) in [6.45, 7) is 0.390. The average Bonchev–Trinajstić information content (AvgIpc) is 2.66. The molecular formula is C18H20O6. The molecule has 2 N–H and O–H groups in total. The van der Waals surface area contributed by atoms with E-state index in [1.54, 1.807) is 60.7 Å². The van der Waals surface area contributed by atoms with Crippen molar-refractivity contribution in [3.8, 4) is 0 Å². The number of aliphatic hydroxyl groups excluding tert-OH is 2. The van der Waals surface area contributed by atoms with Gasteiger partial charge in [-0.15, -0.1) is 0 Å². The fourth-order valence-electron chi connectivity index (χ4n) is 1.54. The molecule has 0 atom stereocenters. The fourth-order valence-corrected chi connectivity index (χ4v) is 1.54. The van der Waals surface area contributed by atoms with Gasteiger partial charge in [0.15, 0.2) is 0 Å². The maximum Gasteiger partial charge on any atom is 0.386 e. The van der Waals surface area contributed by atoms with Gasteiger partial charge in [-0.2, -0.15) is 0 Å². The zero-order valence-electron chi connectivity index (χ0n) is 13.1. The number of hydrogen-bond acceptors (Lipinski definition) is 6. The second kappa shape index (κ2) is 11.8. The molecule has 6 nitrogen and oxygen atoms in total. The van der Waals surface area contributed by atoms with Crippen LogP contribution in [0.4, 0.5) is 0 Å². The van der Waals surface area contributed by atoms with Crippen molar-refractivity contribution in [3.63, 3.8) is 0 Å². The van der Waals surface area contributed by atoms with Gasteiger partial charge in [-0.05, 0) is 37.1 Å². The lowest BCUT2D eigenvalue weighted by molar-refractivity contribution is -0.187. The third-order valence-corrected chi connectivity index (χ3v) is 2.78. The van der Waals surface area contributed by atoms with Crippen LogP contribution in [-0.4, -0.2) is 35.4 Å². The monoisotopic (exact) mass is 332 g/mol. The van der Waals surface area contributed by atoms with Crippen LogP contribution < -0.4 is 0 Å². The Morgan fingerprint density at radius 2 is 1.00 bits per heavy atom. The number of benzene rings is 2. The van der Waals surface area contributed by atoms with Gasteiger partial charge in [-0.25, -0.2) is 19.4 Å². The van der Waals surface area contributed by atoms with Gasteiger partial charge < -0.3 is 10.2 Å². The van der Waals surface area contributed by atoms with Crippen LogP contribution in [0.2, 0.25) is 0 Å². The van der Waals surface area contributed by atoms with E-state index in [2.05, 4.69) is 9.78 Å². The van der Waals surface area contributed by atoms with Crippen LogP contribution in [-0.2, 0) is 9.78 Å². The third kappa shape index (κ3) is 7.53. The highest BCUT2D eigenvalue weighted by Crippen LogP contribution is 2.05. The molecule has 0 heterocycles. The van der Waals surface area contributed by atoms with Crippen LogP contribution in [0.25, 0.3) is 0 Å². The summed E-state index contributed by atoms with van der Waals surface area (Å²) in [5.74, 6) is -1.42. The highest BCUT2D eigenvalue weighted by Gasteiger charge is 2.12. The van der Waals surface area contributed by atoms with Crippen molar-refractivity contribution in [3.05, 3.63) is 71.8 Å². The molecule has 0 radical (unpaired) electrons. The molecule has 2 rings (SSSR count). The molecule has 0 spiro atoms. The lowest BCUT2D eigenvalue weighted by Gasteiger charge is -2.02. The zero-order valence-corrected chi connectivity index (χ0v) is 13.1. The first kappa shape index (κ1) is 19.3. The van der Waals surface area contributed by atoms with Crippen molar-refractivity contribution in [2.45, 2.75) is 12.8 Å². The molecule has 0 aliphatic carbocycles. The van der Waals surface area contributed by atoms with Crippen molar-refractivity contribution in [2.75, 3.05) is 13.2 Å². The summed E-state index contributed by atoms with van der Waals surface area (Å²) in [4.78, 5) is 31.9. The maximum atomic E-state index is 11.5. The highest BCUT2D eigenvalue weighted by atomic mass is 17.2. The summed E-state index contributed by atoms with van der Waals surface area (Å²) >= 11 is 0. The summed E-state index contributed by atoms with van der Waals surface area (Å²) in [7, 11) is 0. The van der Waals surface area contributed by atoms with E-state index in [-0.39, 0.29) is 13.2 Å². The molecule has 0 bridgehead atoms. The van der Waals surface area contributed by atoms with Gasteiger partial charge in [0.05, 0.1) is 11.1 Å². The lowest BCUT2D eigenvalue weighted by atomic mass is 10.2. The molecule has 0 aromatic heterocycles. The smallest absolute Gasteiger partial charge is 0.386 e. The normalized spacial score (nSPS) is 9.42. The average molecular weight is 332 g/mol. The molecule has 0 saturated heterocycles. The topological polar surface area (TPSA) is 93.1 Å². The summed E-state index contributed by atoms with van der Waals surface area (Å²) in [6, 6.07) is 16.6. The lowest BCUT2D eigenvalue weighted by Crippen LogP contribution is -2.11. The van der Waals surface area contributed by atoms with Crippen molar-refractivity contribution >= 4 is 11.9 Å². The minimum absolute atomic E-state index is 0.195. The molecule has 24 heavy (non-hydrogen) atoms. The number of unbranched alkanes of at least 4 members (excludes halogenated alkanes) is 1. The van der Waals surface area contributed by atoms with Crippen LogP contribution in [0.3, 0.4) is 0 Å². The minimum Gasteiger partial charge on any atom is -0.396 e. The number of rotatable bonds is 5. The molecule has 128 valence electrons. The summed E-state index contributed by atoms with van der Waals surface area (Å²) in [5.41, 5.74) is 0.636. The molecule has 0 aliphatic rings. The van der Waals surface area contributed by atoms with Gasteiger partial charge in [0, 0.05) is 13.2 Å². The van der Waals surface area contributed by atoms with Gasteiger partial charge in [-0.3, -0.25) is 0 Å². The van der Waals surface area contributed by atoms with E-state index in [4.69, 9.17) is 10.2 Å². The standard InChI is InChI=1S/C14H10O4.C4H10O2/c15-13(11-7-3-1-4-8-11)17-18-14(16)12-9-5-2-6-10-12;5-3-1-2-4-6/h1-10H;5-6H,1-4H2. The molecule has 0 amide bonds. The Morgan fingerprint density at radius 3 is 1.29 bits per heavy atom. The molecule has 0 aliphatic heterocycles. The van der Waals surface area contributed by atoms with E-state index in [1.165, 1.54) is 0 Å². The molecule has 0 saturated carbocycles. The number of carbonyl (C=O) groups excluding carboxylic acids is 2. The van der Waals surface area contributed by atoms with Gasteiger partial charge in [-0.1, -0.05) is 36.4 Å². The van der Waals surface area contributed by atoms with E-state index >= 15 is 0 Å². The number of aliphatic hydroxyl groups is 2. The van der Waals surface area contributed by atoms with E-state index in [0.29, 0.717) is 11.1 Å². The van der Waals surface area contributed by atoms with Gasteiger partial charge >= 0.3 is 11.9 Å². The quantitative estimate of drug-likeness (QED) is 0.496. The van der Waals surface area contributed by atoms with E-state index in [0.717, 1.165) is 12.8 Å². The summed E-state index contributed by atoms with van der Waals surface area (Å²) in [6.07, 6.45) is 1.44. The zero-order chi connectivity index (χ0) is 17.6. The Kier molecular flexibility index (Phi) is 9.52. The third-order valence-electron chi connectivity index (χ3n) is 2.78. The number of carbonyl (C=O) groups is 2. The van der Waals surface area contributed by atoms with Gasteiger partial charge in [0.2, 0.25) is 0 Å². The van der Waals surface area contributed by atoms with E-state index in [9.17, 15) is 9.59 Å². The van der Waals surface area contributed by atoms with Crippen molar-refractivity contribution in [1.82, 2.24) is 0 Å². The first-order valence-corrected chi connectivity index (χ1v) is 7.44. The molecule has 2 aromatic carbocycles. The van der Waals surface area contributed by atoms with Gasteiger partial charge in [0.25, 0.3) is 0 Å². The van der Waals surface area contributed by atoms with Crippen molar-refractivity contribution in [1.29, 1.82) is 0 Å². The Balaban J connectivity index is 0.000000413. The van der Waals surface area contributed by atoms with Crippen LogP contribution in [0, 0.1) is 0 Å². The summed E-state index contributed by atoms with van der Waals surface area (Å²) < 4.78 is 0. The van der Waals surface area contributed by atoms with Crippen molar-refractivity contribution in [2.24, 2.45) is 0 Å². The Morgan fingerprint density at radius 1 is 0.667 bits per heavy atom. The summed E-state index contributed by atoms with van der Waals surface area (Å²) in [5, 5.41) is 16.2. The largest absolute Gasteiger partial charge is 0.396 e. The van der Waals surface area contributed by atoms with Crippen LogP contribution in [0.5, 0.6) is 0 Å². The molecule has 2 aromatic rings. The second-order valence-electron chi connectivity index (χ2n) is 4.63. The Bertz CT molecular complexity index is 542. The van der Waals surface area contributed by atoms with Gasteiger partial charge in [0.1, 0.15) is 0 Å². The fraction of sp³-hybridized carbons (Fsp3) is 0.222. The SMILES string of the molecule is O=C(OOC(=O)c1ccccc1)c1ccccc1.OCCCCO. The van der Waals surface area contributed by atoms with E-state index in [1.807, 2.05) is 0 Å². The first-order chi connectivity index (χ1) is 11.7. The van der Waals surface area contributed by atoms with Crippen LogP contribution in [0.15, 0.2) is 60.7 Å². The number of hydrogen-bond donors (Lipinski definition) is 2. The van der Waals surface area contributed by atoms with Crippen LogP contribution >= 0.6 is 0 Å². The highest BCUT2D eigenvalue weighted by molar-refractivity contribution is 5.92. The molecule has 0 fully saturated rings. The predicted octanol–water partition coefficient (Wildman–Crippen LogP) is 2.37. The van der Waals surface area contributed by atoms with Crippen LogP contribution in [0.1, 0.15) is 33.6 Å². The molecule has 0 unspecified atom stereocenters.